The van der Waals surface area contributed by atoms with E-state index in [-0.39, 0.29) is 21.7 Å². The van der Waals surface area contributed by atoms with Crippen LogP contribution in [-0.4, -0.2) is 0 Å². The number of rotatable bonds is 12. The number of hydrogen-bond acceptors (Lipinski definition) is 0. The summed E-state index contributed by atoms with van der Waals surface area (Å²) < 4.78 is 0. The van der Waals surface area contributed by atoms with Crippen molar-refractivity contribution in [2.75, 3.05) is 0 Å². The van der Waals surface area contributed by atoms with Crippen molar-refractivity contribution in [2.24, 2.45) is 0 Å². The Kier molecular flexibility index (Phi) is 12.3. The van der Waals surface area contributed by atoms with Crippen molar-refractivity contribution < 1.29 is 0 Å². The van der Waals surface area contributed by atoms with E-state index in [1.807, 2.05) is 0 Å². The summed E-state index contributed by atoms with van der Waals surface area (Å²) in [6.45, 7) is 0. The summed E-state index contributed by atoms with van der Waals surface area (Å²) in [6.07, 6.45) is 6.23. The molecule has 16 rings (SSSR count). The van der Waals surface area contributed by atoms with Crippen molar-refractivity contribution in [3.05, 3.63) is 338 Å². The number of benzene rings is 12. The molecule has 0 heterocycles. The molecule has 0 nitrogen and oxygen atoms in total. The Labute approximate surface area is 484 Å². The average Bonchev–Trinajstić information content (AvgIpc) is 1.75. The van der Waals surface area contributed by atoms with Crippen LogP contribution in [0.1, 0.15) is 60.8 Å². The van der Waals surface area contributed by atoms with E-state index in [1.165, 1.54) is 111 Å². The summed E-state index contributed by atoms with van der Waals surface area (Å²) in [5.74, 6) is 0. The highest BCUT2D eigenvalue weighted by Gasteiger charge is 2.69. The van der Waals surface area contributed by atoms with Crippen molar-refractivity contribution >= 4 is 0 Å². The molecule has 0 heteroatoms. The molecule has 0 atom stereocenters. The summed E-state index contributed by atoms with van der Waals surface area (Å²) >= 11 is 0. The molecule has 0 aromatic heterocycles. The van der Waals surface area contributed by atoms with Crippen molar-refractivity contribution in [3.8, 4) is 89.0 Å². The van der Waals surface area contributed by atoms with Gasteiger partial charge < -0.3 is 0 Å². The van der Waals surface area contributed by atoms with E-state index in [1.54, 1.807) is 0 Å². The maximum absolute atomic E-state index is 2.63. The zero-order valence-electron chi connectivity index (χ0n) is 46.3. The van der Waals surface area contributed by atoms with Crippen LogP contribution < -0.4 is 0 Å². The van der Waals surface area contributed by atoms with Crippen LogP contribution in [-0.2, 0) is 21.7 Å². The van der Waals surface area contributed by atoms with Crippen LogP contribution in [0.3, 0.4) is 0 Å². The minimum Gasteiger partial charge on any atom is -0.0622 e. The Hall–Kier alpha value is -9.36. The third kappa shape index (κ3) is 9.04. The molecule has 4 saturated carbocycles. The van der Waals surface area contributed by atoms with Crippen LogP contribution >= 0.6 is 0 Å². The minimum absolute atomic E-state index is 0.260. The lowest BCUT2D eigenvalue weighted by molar-refractivity contribution is -0.0690. The Balaban J connectivity index is 1.07. The normalized spacial score (nSPS) is 20.6. The monoisotopic (exact) mass is 1050 g/mol. The third-order valence-corrected chi connectivity index (χ3v) is 19.1. The molecular weight excluding hydrogens is 985 g/mol. The minimum atomic E-state index is -0.260. The second kappa shape index (κ2) is 20.3. The summed E-state index contributed by atoms with van der Waals surface area (Å²) in [5, 5.41) is 0. The van der Waals surface area contributed by atoms with E-state index in [0.29, 0.717) is 0 Å². The van der Waals surface area contributed by atoms with E-state index in [9.17, 15) is 0 Å². The molecule has 0 spiro atoms. The van der Waals surface area contributed by atoms with Crippen LogP contribution in [0.2, 0.25) is 0 Å². The lowest BCUT2D eigenvalue weighted by atomic mass is 9.32. The molecular formula is C82H64. The van der Waals surface area contributed by atoms with E-state index in [2.05, 4.69) is 315 Å². The molecule has 392 valence electrons. The van der Waals surface area contributed by atoms with Crippen LogP contribution in [0.5, 0.6) is 0 Å². The molecule has 4 aliphatic rings. The Bertz CT molecular complexity index is 3400. The molecule has 0 saturated heterocycles. The van der Waals surface area contributed by atoms with Gasteiger partial charge >= 0.3 is 0 Å². The van der Waals surface area contributed by atoms with E-state index in [4.69, 9.17) is 0 Å². The van der Waals surface area contributed by atoms with Gasteiger partial charge in [-0.25, -0.2) is 0 Å². The van der Waals surface area contributed by atoms with Gasteiger partial charge in [0.1, 0.15) is 0 Å². The van der Waals surface area contributed by atoms with Crippen LogP contribution in [0, 0.1) is 0 Å². The molecule has 4 fully saturated rings. The predicted molar refractivity (Wildman–Crippen MR) is 344 cm³/mol. The fourth-order valence-corrected chi connectivity index (χ4v) is 16.0. The molecule has 0 N–H and O–H groups in total. The second-order valence-corrected chi connectivity index (χ2v) is 24.3. The maximum Gasteiger partial charge on any atom is -0.00211 e. The molecule has 82 heavy (non-hydrogen) atoms. The molecule has 12 aromatic rings. The van der Waals surface area contributed by atoms with Gasteiger partial charge in [-0.3, -0.25) is 0 Å². The zero-order valence-corrected chi connectivity index (χ0v) is 46.3. The SMILES string of the molecule is c1ccc(-c2cc(-c3ccccc3)cc(C34CC5(c6cc(-c7ccccc7)cc(-c7ccccc7)c6)CC(c6cc(-c7ccccc7)cc(-c7ccccc7)c6)(C3)CC(c3cc(-c6ccccc6)cc(-c6ccccc6)c3)(C4)C5)c2)cc1. The lowest BCUT2D eigenvalue weighted by Crippen LogP contribution is -2.67. The van der Waals surface area contributed by atoms with Crippen molar-refractivity contribution in [2.45, 2.75) is 60.2 Å². The zero-order chi connectivity index (χ0) is 54.6. The summed E-state index contributed by atoms with van der Waals surface area (Å²) in [4.78, 5) is 0. The fourth-order valence-electron chi connectivity index (χ4n) is 16.0. The highest BCUT2D eigenvalue weighted by Crippen LogP contribution is 2.75. The van der Waals surface area contributed by atoms with Gasteiger partial charge in [0.2, 0.25) is 0 Å². The van der Waals surface area contributed by atoms with Gasteiger partial charge in [0, 0.05) is 0 Å². The van der Waals surface area contributed by atoms with Gasteiger partial charge in [0.25, 0.3) is 0 Å². The van der Waals surface area contributed by atoms with Gasteiger partial charge in [-0.2, -0.15) is 0 Å². The van der Waals surface area contributed by atoms with Crippen LogP contribution in [0.25, 0.3) is 89.0 Å². The van der Waals surface area contributed by atoms with Crippen molar-refractivity contribution in [3.63, 3.8) is 0 Å². The van der Waals surface area contributed by atoms with Crippen LogP contribution in [0.15, 0.2) is 315 Å². The molecule has 12 aromatic carbocycles. The van der Waals surface area contributed by atoms with Gasteiger partial charge in [-0.1, -0.05) is 291 Å². The molecule has 0 aliphatic heterocycles. The number of hydrogen-bond donors (Lipinski definition) is 0. The predicted octanol–water partition coefficient (Wildman–Crippen LogP) is 21.5. The summed E-state index contributed by atoms with van der Waals surface area (Å²) in [5.41, 5.74) is 25.0. The first-order valence-corrected chi connectivity index (χ1v) is 29.5. The van der Waals surface area contributed by atoms with Gasteiger partial charge in [0.15, 0.2) is 0 Å². The summed E-state index contributed by atoms with van der Waals surface area (Å²) in [7, 11) is 0. The first kappa shape index (κ1) is 49.7. The Morgan fingerprint density at radius 2 is 0.256 bits per heavy atom. The van der Waals surface area contributed by atoms with Gasteiger partial charge in [-0.05, 0) is 196 Å². The average molecular weight is 1050 g/mol. The first-order chi connectivity index (χ1) is 40.4. The van der Waals surface area contributed by atoms with E-state index >= 15 is 0 Å². The Morgan fingerprint density at radius 1 is 0.134 bits per heavy atom. The van der Waals surface area contributed by atoms with Crippen molar-refractivity contribution in [1.82, 2.24) is 0 Å². The molecule has 4 bridgehead atoms. The highest BCUT2D eigenvalue weighted by atomic mass is 14.7. The molecule has 4 aliphatic carbocycles. The van der Waals surface area contributed by atoms with E-state index in [0.717, 1.165) is 38.5 Å². The fraction of sp³-hybridized carbons (Fsp3) is 0.122. The Morgan fingerprint density at radius 3 is 0.378 bits per heavy atom. The first-order valence-electron chi connectivity index (χ1n) is 29.5. The lowest BCUT2D eigenvalue weighted by Gasteiger charge is -2.71. The van der Waals surface area contributed by atoms with Gasteiger partial charge in [0.05, 0.1) is 0 Å². The smallest absolute Gasteiger partial charge is 0.00211 e. The molecule has 0 radical (unpaired) electrons. The standard InChI is InChI=1S/C82H64/c1-9-25-59(26-10-1)67-41-68(60-27-11-2-12-28-60)46-75(45-67)79-53-80(76-47-69(61-29-13-3-14-30-61)42-70(48-76)62-31-15-4-16-32-62)56-81(54-79,77-49-71(63-33-17-5-18-34-63)43-72(50-77)64-35-19-6-20-36-64)58-82(55-79,57-80)78-51-73(65-37-21-7-22-38-65)44-74(52-78)66-39-23-8-24-40-66/h1-52H,53-58H2. The third-order valence-electron chi connectivity index (χ3n) is 19.1. The second-order valence-electron chi connectivity index (χ2n) is 24.3. The maximum atomic E-state index is 2.63. The summed E-state index contributed by atoms with van der Waals surface area (Å²) in [6, 6.07) is 120. The van der Waals surface area contributed by atoms with Gasteiger partial charge in [-0.15, -0.1) is 0 Å². The van der Waals surface area contributed by atoms with Crippen LogP contribution in [0.4, 0.5) is 0 Å². The quantitative estimate of drug-likeness (QED) is 0.114. The topological polar surface area (TPSA) is 0 Å². The largest absolute Gasteiger partial charge is 0.0622 e. The molecule has 0 amide bonds. The highest BCUT2D eigenvalue weighted by molar-refractivity contribution is 5.80. The molecule has 0 unspecified atom stereocenters. The van der Waals surface area contributed by atoms with Crippen molar-refractivity contribution in [1.29, 1.82) is 0 Å². The van der Waals surface area contributed by atoms with E-state index < -0.39 is 0 Å².